The van der Waals surface area contributed by atoms with Gasteiger partial charge in [-0.2, -0.15) is 5.10 Å². The van der Waals surface area contributed by atoms with E-state index in [0.29, 0.717) is 23.0 Å². The lowest BCUT2D eigenvalue weighted by atomic mass is 9.89. The Hall–Kier alpha value is -2.37. The van der Waals surface area contributed by atoms with Crippen molar-refractivity contribution < 1.29 is 9.53 Å². The Morgan fingerprint density at radius 1 is 1.39 bits per heavy atom. The molecule has 2 heterocycles. The van der Waals surface area contributed by atoms with Gasteiger partial charge in [-0.05, 0) is 24.8 Å². The number of nitrogens with zero attached hydrogens (tertiary/aromatic N) is 3. The van der Waals surface area contributed by atoms with E-state index >= 15 is 0 Å². The maximum absolute atomic E-state index is 12.4. The molecule has 1 N–H and O–H groups in total. The Bertz CT molecular complexity index is 649. The molecule has 23 heavy (non-hydrogen) atoms. The second kappa shape index (κ2) is 7.26. The van der Waals surface area contributed by atoms with Crippen molar-refractivity contribution in [1.82, 2.24) is 20.1 Å². The van der Waals surface area contributed by atoms with Crippen LogP contribution in [0.3, 0.4) is 0 Å². The number of nitrogens with one attached hydrogen (secondary N) is 1. The summed E-state index contributed by atoms with van der Waals surface area (Å²) in [5, 5.41) is 7.15. The second-order valence-corrected chi connectivity index (χ2v) is 5.91. The Balaban J connectivity index is 1.69. The lowest BCUT2D eigenvalue weighted by Gasteiger charge is -2.21. The molecule has 0 saturated heterocycles. The number of amides is 1. The third-order valence-corrected chi connectivity index (χ3v) is 4.33. The first-order valence-corrected chi connectivity index (χ1v) is 8.10. The zero-order valence-electron chi connectivity index (χ0n) is 13.4. The number of carbonyl (C=O) groups excluding carboxylic acids is 1. The van der Waals surface area contributed by atoms with Gasteiger partial charge in [-0.1, -0.05) is 19.3 Å². The lowest BCUT2D eigenvalue weighted by Crippen LogP contribution is -2.30. The van der Waals surface area contributed by atoms with Gasteiger partial charge in [0.2, 0.25) is 0 Å². The number of hydrogen-bond acceptors (Lipinski definition) is 4. The monoisotopic (exact) mass is 314 g/mol. The quantitative estimate of drug-likeness (QED) is 0.921. The van der Waals surface area contributed by atoms with E-state index in [4.69, 9.17) is 4.74 Å². The van der Waals surface area contributed by atoms with E-state index < -0.39 is 0 Å². The normalized spacial score (nSPS) is 15.3. The van der Waals surface area contributed by atoms with Crippen LogP contribution in [-0.4, -0.2) is 34.3 Å². The molecule has 0 aromatic carbocycles. The number of ether oxygens (including phenoxy) is 1. The molecule has 0 aliphatic heterocycles. The standard InChI is InChI=1S/C17H22N4O2/c1-23-15-10-16(21-9-5-8-20-21)18-12-14(15)17(22)19-11-13-6-3-2-4-7-13/h5,8-10,12-13H,2-4,6-7,11H2,1H3,(H,19,22). The van der Waals surface area contributed by atoms with Crippen molar-refractivity contribution in [1.29, 1.82) is 0 Å². The molecule has 6 nitrogen and oxygen atoms in total. The molecule has 0 unspecified atom stereocenters. The number of pyridine rings is 1. The molecule has 3 rings (SSSR count). The molecule has 0 spiro atoms. The SMILES string of the molecule is COc1cc(-n2cccn2)ncc1C(=O)NCC1CCCCC1. The van der Waals surface area contributed by atoms with Crippen molar-refractivity contribution >= 4 is 5.91 Å². The molecule has 122 valence electrons. The molecule has 1 fully saturated rings. The fourth-order valence-corrected chi connectivity index (χ4v) is 3.02. The van der Waals surface area contributed by atoms with Crippen LogP contribution < -0.4 is 10.1 Å². The number of methoxy groups -OCH3 is 1. The van der Waals surface area contributed by atoms with Gasteiger partial charge in [-0.15, -0.1) is 0 Å². The average Bonchev–Trinajstić information content (AvgIpc) is 3.14. The minimum absolute atomic E-state index is 0.132. The van der Waals surface area contributed by atoms with E-state index in [9.17, 15) is 4.79 Å². The van der Waals surface area contributed by atoms with Crippen LogP contribution in [0, 0.1) is 5.92 Å². The van der Waals surface area contributed by atoms with Gasteiger partial charge in [-0.3, -0.25) is 4.79 Å². The Labute approximate surface area is 135 Å². The van der Waals surface area contributed by atoms with Crippen LogP contribution in [-0.2, 0) is 0 Å². The number of carbonyl (C=O) groups is 1. The van der Waals surface area contributed by atoms with Gasteiger partial charge < -0.3 is 10.1 Å². The summed E-state index contributed by atoms with van der Waals surface area (Å²) < 4.78 is 6.99. The van der Waals surface area contributed by atoms with Crippen molar-refractivity contribution in [2.45, 2.75) is 32.1 Å². The predicted octanol–water partition coefficient (Wildman–Crippen LogP) is 2.59. The lowest BCUT2D eigenvalue weighted by molar-refractivity contribution is 0.0940. The highest BCUT2D eigenvalue weighted by Gasteiger charge is 2.18. The third kappa shape index (κ3) is 3.70. The predicted molar refractivity (Wildman–Crippen MR) is 86.8 cm³/mol. The minimum atomic E-state index is -0.132. The maximum Gasteiger partial charge on any atom is 0.256 e. The maximum atomic E-state index is 12.4. The zero-order valence-corrected chi connectivity index (χ0v) is 13.4. The van der Waals surface area contributed by atoms with Gasteiger partial charge >= 0.3 is 0 Å². The summed E-state index contributed by atoms with van der Waals surface area (Å²) in [6.45, 7) is 0.725. The van der Waals surface area contributed by atoms with E-state index in [1.54, 1.807) is 36.4 Å². The molecule has 1 aliphatic carbocycles. The third-order valence-electron chi connectivity index (χ3n) is 4.33. The molecule has 2 aromatic heterocycles. The molecule has 1 saturated carbocycles. The molecule has 0 radical (unpaired) electrons. The van der Waals surface area contributed by atoms with Crippen LogP contribution in [0.1, 0.15) is 42.5 Å². The average molecular weight is 314 g/mol. The van der Waals surface area contributed by atoms with Crippen LogP contribution in [0.5, 0.6) is 5.75 Å². The highest BCUT2D eigenvalue weighted by molar-refractivity contribution is 5.96. The van der Waals surface area contributed by atoms with Crippen molar-refractivity contribution in [2.24, 2.45) is 5.92 Å². The van der Waals surface area contributed by atoms with Crippen LogP contribution in [0.4, 0.5) is 0 Å². The molecular formula is C17H22N4O2. The van der Waals surface area contributed by atoms with Gasteiger partial charge in [0.1, 0.15) is 5.75 Å². The van der Waals surface area contributed by atoms with Gasteiger partial charge in [0.15, 0.2) is 5.82 Å². The summed E-state index contributed by atoms with van der Waals surface area (Å²) in [6.07, 6.45) is 11.3. The van der Waals surface area contributed by atoms with Crippen LogP contribution >= 0.6 is 0 Å². The Morgan fingerprint density at radius 2 is 2.22 bits per heavy atom. The molecule has 2 aromatic rings. The molecule has 0 bridgehead atoms. The summed E-state index contributed by atoms with van der Waals surface area (Å²) in [5.41, 5.74) is 0.458. The first kappa shape index (κ1) is 15.5. The zero-order chi connectivity index (χ0) is 16.1. The minimum Gasteiger partial charge on any atom is -0.496 e. The van der Waals surface area contributed by atoms with Gasteiger partial charge in [0.25, 0.3) is 5.91 Å². The van der Waals surface area contributed by atoms with E-state index in [1.807, 2.05) is 6.07 Å². The molecule has 0 atom stereocenters. The van der Waals surface area contributed by atoms with Crippen LogP contribution in [0.2, 0.25) is 0 Å². The topological polar surface area (TPSA) is 69.0 Å². The first-order valence-electron chi connectivity index (χ1n) is 8.10. The largest absolute Gasteiger partial charge is 0.496 e. The highest BCUT2D eigenvalue weighted by Crippen LogP contribution is 2.24. The van der Waals surface area contributed by atoms with Crippen LogP contribution in [0.15, 0.2) is 30.7 Å². The summed E-state index contributed by atoms with van der Waals surface area (Å²) in [6, 6.07) is 3.54. The van der Waals surface area contributed by atoms with Gasteiger partial charge in [0.05, 0.1) is 12.7 Å². The van der Waals surface area contributed by atoms with Crippen molar-refractivity contribution in [3.05, 3.63) is 36.3 Å². The summed E-state index contributed by atoms with van der Waals surface area (Å²) >= 11 is 0. The summed E-state index contributed by atoms with van der Waals surface area (Å²) in [4.78, 5) is 16.7. The second-order valence-electron chi connectivity index (χ2n) is 5.91. The van der Waals surface area contributed by atoms with Crippen molar-refractivity contribution in [3.8, 4) is 11.6 Å². The van der Waals surface area contributed by atoms with Crippen molar-refractivity contribution in [2.75, 3.05) is 13.7 Å². The van der Waals surface area contributed by atoms with Gasteiger partial charge in [-0.25, -0.2) is 9.67 Å². The van der Waals surface area contributed by atoms with Gasteiger partial charge in [0, 0.05) is 31.2 Å². The van der Waals surface area contributed by atoms with E-state index in [1.165, 1.54) is 32.1 Å². The van der Waals surface area contributed by atoms with Crippen molar-refractivity contribution in [3.63, 3.8) is 0 Å². The highest BCUT2D eigenvalue weighted by atomic mass is 16.5. The Morgan fingerprint density at radius 3 is 2.91 bits per heavy atom. The number of aromatic nitrogens is 3. The smallest absolute Gasteiger partial charge is 0.256 e. The molecule has 1 amide bonds. The molecule has 1 aliphatic rings. The summed E-state index contributed by atoms with van der Waals surface area (Å²) in [5.74, 6) is 1.59. The van der Waals surface area contributed by atoms with E-state index in [2.05, 4.69) is 15.4 Å². The number of rotatable bonds is 5. The van der Waals surface area contributed by atoms with E-state index in [-0.39, 0.29) is 5.91 Å². The Kier molecular flexibility index (Phi) is 4.90. The van der Waals surface area contributed by atoms with E-state index in [0.717, 1.165) is 6.54 Å². The number of hydrogen-bond donors (Lipinski definition) is 1. The molecular weight excluding hydrogens is 292 g/mol. The summed E-state index contributed by atoms with van der Waals surface area (Å²) in [7, 11) is 1.56. The van der Waals surface area contributed by atoms with Crippen LogP contribution in [0.25, 0.3) is 5.82 Å². The fourth-order valence-electron chi connectivity index (χ4n) is 3.02. The molecule has 6 heteroatoms. The fraction of sp³-hybridized carbons (Fsp3) is 0.471. The first-order chi connectivity index (χ1) is 11.3.